The van der Waals surface area contributed by atoms with E-state index in [0.717, 1.165) is 0 Å². The van der Waals surface area contributed by atoms with Crippen LogP contribution in [-0.4, -0.2) is 43.5 Å². The zero-order valence-corrected chi connectivity index (χ0v) is 10.5. The van der Waals surface area contributed by atoms with Crippen LogP contribution in [0.1, 0.15) is 0 Å². The Balaban J connectivity index is 0. The van der Waals surface area contributed by atoms with E-state index in [1.54, 1.807) is 0 Å². The van der Waals surface area contributed by atoms with Crippen LogP contribution in [0.5, 0.6) is 0 Å². The molecule has 0 aliphatic heterocycles. The van der Waals surface area contributed by atoms with Gasteiger partial charge < -0.3 is 10.3 Å². The fourth-order valence-electron chi connectivity index (χ4n) is 0.504. The summed E-state index contributed by atoms with van der Waals surface area (Å²) in [6, 6.07) is 0. The van der Waals surface area contributed by atoms with Crippen LogP contribution in [0.15, 0.2) is 0 Å². The normalized spacial score (nSPS) is 14.7. The fraction of sp³-hybridized carbons (Fsp3) is 1.00. The molecule has 1 atom stereocenters. The van der Waals surface area contributed by atoms with Gasteiger partial charge in [-0.1, -0.05) is 0 Å². The van der Waals surface area contributed by atoms with E-state index in [9.17, 15) is 21.4 Å². The molecule has 0 aliphatic rings. The van der Waals surface area contributed by atoms with Crippen molar-refractivity contribution in [3.63, 3.8) is 0 Å². The van der Waals surface area contributed by atoms with Crippen molar-refractivity contribution in [2.45, 2.75) is 5.25 Å². The first-order chi connectivity index (χ1) is 5.17. The van der Waals surface area contributed by atoms with Gasteiger partial charge >= 0.3 is 29.6 Å². The first-order valence-electron chi connectivity index (χ1n) is 2.77. The molecule has 0 spiro atoms. The van der Waals surface area contributed by atoms with Crippen molar-refractivity contribution >= 4 is 20.2 Å². The summed E-state index contributed by atoms with van der Waals surface area (Å²) in [6.07, 6.45) is 0. The summed E-state index contributed by atoms with van der Waals surface area (Å²) in [5.41, 5.74) is 4.81. The second-order valence-corrected chi connectivity index (χ2v) is 5.25. The number of hydrogen-bond donors (Lipinski definition) is 2. The maximum Gasteiger partial charge on any atom is 1.00 e. The summed E-state index contributed by atoms with van der Waals surface area (Å²) in [6.45, 7) is -0.633. The molecule has 10 heteroatoms. The van der Waals surface area contributed by atoms with E-state index in [4.69, 9.17) is 10.3 Å². The van der Waals surface area contributed by atoms with Gasteiger partial charge in [0, 0.05) is 6.54 Å². The summed E-state index contributed by atoms with van der Waals surface area (Å²) in [4.78, 5) is 0. The average Bonchev–Trinajstić information content (AvgIpc) is 1.78. The summed E-state index contributed by atoms with van der Waals surface area (Å²) < 4.78 is 59.2. The second-order valence-electron chi connectivity index (χ2n) is 2.10. The van der Waals surface area contributed by atoms with Crippen molar-refractivity contribution in [2.24, 2.45) is 5.73 Å². The van der Waals surface area contributed by atoms with Gasteiger partial charge in [0.15, 0.2) is 0 Å². The maximum atomic E-state index is 10.2. The minimum Gasteiger partial charge on any atom is -0.748 e. The smallest absolute Gasteiger partial charge is 0.748 e. The standard InChI is InChI=1S/C3H9NO6S2.Na/c4-1-3(12(8,9)10)2-11(5,6)7;/h3H,1-2,4H2,(H,5,6,7)(H,8,9,10);/q;+1/p-1. The van der Waals surface area contributed by atoms with Crippen molar-refractivity contribution in [2.75, 3.05) is 12.3 Å². The van der Waals surface area contributed by atoms with Gasteiger partial charge in [-0.2, -0.15) is 8.42 Å². The topological polar surface area (TPSA) is 138 Å². The summed E-state index contributed by atoms with van der Waals surface area (Å²) in [7, 11) is -9.24. The van der Waals surface area contributed by atoms with E-state index < -0.39 is 37.8 Å². The molecule has 0 bridgehead atoms. The van der Waals surface area contributed by atoms with Crippen molar-refractivity contribution in [1.82, 2.24) is 0 Å². The van der Waals surface area contributed by atoms with Crippen LogP contribution >= 0.6 is 0 Å². The Labute approximate surface area is 98.5 Å². The van der Waals surface area contributed by atoms with E-state index in [0.29, 0.717) is 0 Å². The third-order valence-corrected chi connectivity index (χ3v) is 3.28. The Morgan fingerprint density at radius 2 is 1.69 bits per heavy atom. The maximum absolute atomic E-state index is 10.2. The van der Waals surface area contributed by atoms with Crippen LogP contribution < -0.4 is 35.3 Å². The SMILES string of the molecule is NCC(CS(=O)(=O)O)S(=O)(=O)[O-].[Na+]. The first kappa shape index (κ1) is 16.2. The molecule has 0 aliphatic carbocycles. The Hall–Kier alpha value is 0.780. The zero-order valence-electron chi connectivity index (χ0n) is 6.87. The molecule has 7 nitrogen and oxygen atoms in total. The van der Waals surface area contributed by atoms with Crippen molar-refractivity contribution in [1.29, 1.82) is 0 Å². The van der Waals surface area contributed by atoms with Gasteiger partial charge in [0.05, 0.1) is 21.1 Å². The van der Waals surface area contributed by atoms with E-state index in [-0.39, 0.29) is 29.6 Å². The molecule has 0 aromatic carbocycles. The molecule has 0 heterocycles. The van der Waals surface area contributed by atoms with E-state index in [1.807, 2.05) is 0 Å². The monoisotopic (exact) mass is 241 g/mol. The second kappa shape index (κ2) is 5.61. The van der Waals surface area contributed by atoms with Gasteiger partial charge in [0.1, 0.15) is 0 Å². The van der Waals surface area contributed by atoms with Gasteiger partial charge in [-0.05, 0) is 0 Å². The largest absolute Gasteiger partial charge is 1.00 e. The summed E-state index contributed by atoms with van der Waals surface area (Å²) in [5.74, 6) is -1.16. The molecule has 0 saturated heterocycles. The molecule has 0 saturated carbocycles. The minimum atomic E-state index is -4.76. The van der Waals surface area contributed by atoms with Crippen LogP contribution in [0.2, 0.25) is 0 Å². The van der Waals surface area contributed by atoms with E-state index in [1.165, 1.54) is 0 Å². The van der Waals surface area contributed by atoms with Gasteiger partial charge in [0.2, 0.25) is 0 Å². The van der Waals surface area contributed by atoms with E-state index >= 15 is 0 Å². The third-order valence-electron chi connectivity index (χ3n) is 1.07. The average molecular weight is 241 g/mol. The third kappa shape index (κ3) is 7.82. The zero-order chi connectivity index (χ0) is 9.99. The molecule has 0 amide bonds. The van der Waals surface area contributed by atoms with Gasteiger partial charge in [-0.15, -0.1) is 0 Å². The molecule has 1 unspecified atom stereocenters. The van der Waals surface area contributed by atoms with Crippen molar-refractivity contribution in [3.8, 4) is 0 Å². The first-order valence-corrected chi connectivity index (χ1v) is 5.85. The molecule has 0 fully saturated rings. The minimum absolute atomic E-state index is 0. The fourth-order valence-corrected chi connectivity index (χ4v) is 2.53. The Morgan fingerprint density at radius 1 is 1.31 bits per heavy atom. The van der Waals surface area contributed by atoms with Crippen molar-refractivity contribution < 1.29 is 55.5 Å². The Kier molecular flexibility index (Phi) is 7.00. The summed E-state index contributed by atoms with van der Waals surface area (Å²) in [5, 5.41) is -1.78. The van der Waals surface area contributed by atoms with E-state index in [2.05, 4.69) is 0 Å². The molecular formula is C3H8NNaO6S2. The predicted molar refractivity (Wildman–Crippen MR) is 39.0 cm³/mol. The van der Waals surface area contributed by atoms with Gasteiger partial charge in [-0.3, -0.25) is 4.55 Å². The van der Waals surface area contributed by atoms with Crippen molar-refractivity contribution in [3.05, 3.63) is 0 Å². The molecule has 0 radical (unpaired) electrons. The molecular weight excluding hydrogens is 233 g/mol. The van der Waals surface area contributed by atoms with Crippen LogP contribution in [0.3, 0.4) is 0 Å². The molecule has 3 N–H and O–H groups in total. The molecule has 74 valence electrons. The molecule has 13 heavy (non-hydrogen) atoms. The van der Waals surface area contributed by atoms with Crippen LogP contribution in [-0.2, 0) is 20.2 Å². The van der Waals surface area contributed by atoms with Crippen LogP contribution in [0.4, 0.5) is 0 Å². The molecule has 0 aromatic heterocycles. The molecule has 0 aromatic rings. The predicted octanol–water partition coefficient (Wildman–Crippen LogP) is -5.25. The Morgan fingerprint density at radius 3 is 1.77 bits per heavy atom. The quantitative estimate of drug-likeness (QED) is 0.370. The van der Waals surface area contributed by atoms with Crippen LogP contribution in [0, 0.1) is 0 Å². The van der Waals surface area contributed by atoms with Gasteiger partial charge in [0.25, 0.3) is 10.1 Å². The number of rotatable bonds is 4. The summed E-state index contributed by atoms with van der Waals surface area (Å²) >= 11 is 0. The van der Waals surface area contributed by atoms with Gasteiger partial charge in [-0.25, -0.2) is 8.42 Å². The number of nitrogens with two attached hydrogens (primary N) is 1. The molecule has 0 rings (SSSR count). The number of hydrogen-bond acceptors (Lipinski definition) is 6. The van der Waals surface area contributed by atoms with Crippen LogP contribution in [0.25, 0.3) is 0 Å². The Bertz CT molecular complexity index is 333.